The van der Waals surface area contributed by atoms with Crippen molar-refractivity contribution in [3.63, 3.8) is 0 Å². The molecule has 0 spiro atoms. The number of amides is 1. The number of hydrogen-bond donors (Lipinski definition) is 1. The number of rotatable bonds is 3. The Kier molecular flexibility index (Phi) is 4.47. The maximum Gasteiger partial charge on any atom is 0.301 e. The lowest BCUT2D eigenvalue weighted by molar-refractivity contribution is -0.132. The van der Waals surface area contributed by atoms with E-state index in [9.17, 15) is 14.7 Å². The van der Waals surface area contributed by atoms with Crippen LogP contribution in [0.4, 0.5) is 5.13 Å². The number of Topliss-reactive ketones (excluding diaryl/α,β-unsaturated/α-hetero) is 1. The van der Waals surface area contributed by atoms with Gasteiger partial charge >= 0.3 is 5.91 Å². The Labute approximate surface area is 163 Å². The molecular formula is C19H12ClN3O3S. The number of aromatic nitrogens is 2. The first kappa shape index (κ1) is 17.4. The molecule has 0 bridgehead atoms. The predicted octanol–water partition coefficient (Wildman–Crippen LogP) is 3.82. The van der Waals surface area contributed by atoms with Crippen molar-refractivity contribution in [1.29, 1.82) is 0 Å². The Morgan fingerprint density at radius 3 is 2.41 bits per heavy atom. The molecule has 2 heterocycles. The van der Waals surface area contributed by atoms with E-state index in [1.807, 2.05) is 0 Å². The van der Waals surface area contributed by atoms with E-state index >= 15 is 0 Å². The van der Waals surface area contributed by atoms with Crippen LogP contribution in [-0.2, 0) is 9.59 Å². The first-order valence-corrected chi connectivity index (χ1v) is 9.21. The van der Waals surface area contributed by atoms with Crippen molar-refractivity contribution in [2.45, 2.75) is 6.04 Å². The molecular weight excluding hydrogens is 386 g/mol. The van der Waals surface area contributed by atoms with Crippen LogP contribution < -0.4 is 4.90 Å². The fraction of sp³-hybridized carbons (Fsp3) is 0.0526. The number of halogens is 1. The van der Waals surface area contributed by atoms with E-state index in [4.69, 9.17) is 11.6 Å². The first-order valence-electron chi connectivity index (χ1n) is 7.96. The minimum atomic E-state index is -0.824. The average molecular weight is 398 g/mol. The Bertz CT molecular complexity index is 1030. The molecule has 1 atom stereocenters. The van der Waals surface area contributed by atoms with Gasteiger partial charge in [0, 0.05) is 10.6 Å². The molecule has 0 radical (unpaired) electrons. The summed E-state index contributed by atoms with van der Waals surface area (Å²) in [6.07, 6.45) is 0. The summed E-state index contributed by atoms with van der Waals surface area (Å²) in [5.41, 5.74) is 2.56. The lowest BCUT2D eigenvalue weighted by Crippen LogP contribution is -2.29. The molecule has 2 aromatic carbocycles. The minimum Gasteiger partial charge on any atom is -0.507 e. The van der Waals surface area contributed by atoms with Gasteiger partial charge in [0.15, 0.2) is 0 Å². The van der Waals surface area contributed by atoms with E-state index in [2.05, 4.69) is 10.2 Å². The smallest absolute Gasteiger partial charge is 0.301 e. The molecule has 1 unspecified atom stereocenters. The highest BCUT2D eigenvalue weighted by atomic mass is 35.5. The van der Waals surface area contributed by atoms with Crippen molar-refractivity contribution in [2.75, 3.05) is 4.90 Å². The van der Waals surface area contributed by atoms with Crippen LogP contribution in [0.3, 0.4) is 0 Å². The predicted molar refractivity (Wildman–Crippen MR) is 103 cm³/mol. The van der Waals surface area contributed by atoms with Crippen LogP contribution in [0.25, 0.3) is 5.76 Å². The van der Waals surface area contributed by atoms with E-state index in [0.717, 1.165) is 11.3 Å². The molecule has 4 rings (SSSR count). The van der Waals surface area contributed by atoms with Gasteiger partial charge in [-0.15, -0.1) is 10.2 Å². The molecule has 1 aliphatic rings. The lowest BCUT2D eigenvalue weighted by atomic mass is 9.95. The van der Waals surface area contributed by atoms with Crippen molar-refractivity contribution in [3.8, 4) is 0 Å². The quantitative estimate of drug-likeness (QED) is 0.412. The molecule has 1 fully saturated rings. The van der Waals surface area contributed by atoms with Crippen LogP contribution in [-0.4, -0.2) is 27.0 Å². The van der Waals surface area contributed by atoms with Crippen molar-refractivity contribution >= 4 is 45.5 Å². The fourth-order valence-corrected chi connectivity index (χ4v) is 3.72. The van der Waals surface area contributed by atoms with Gasteiger partial charge < -0.3 is 5.11 Å². The normalized spacial score (nSPS) is 18.9. The third-order valence-electron chi connectivity index (χ3n) is 4.23. The molecule has 0 aliphatic carbocycles. The van der Waals surface area contributed by atoms with Gasteiger partial charge in [0.25, 0.3) is 5.78 Å². The van der Waals surface area contributed by atoms with E-state index < -0.39 is 17.7 Å². The van der Waals surface area contributed by atoms with Gasteiger partial charge in [0.2, 0.25) is 5.13 Å². The van der Waals surface area contributed by atoms with Crippen LogP contribution in [0.15, 0.2) is 65.7 Å². The van der Waals surface area contributed by atoms with Crippen molar-refractivity contribution < 1.29 is 14.7 Å². The molecule has 1 aliphatic heterocycles. The molecule has 0 saturated carbocycles. The Hall–Kier alpha value is -3.03. The van der Waals surface area contributed by atoms with E-state index in [1.54, 1.807) is 54.6 Å². The monoisotopic (exact) mass is 397 g/mol. The van der Waals surface area contributed by atoms with Gasteiger partial charge in [-0.1, -0.05) is 65.4 Å². The number of nitrogens with zero attached hydrogens (tertiary/aromatic N) is 3. The zero-order valence-electron chi connectivity index (χ0n) is 13.7. The minimum absolute atomic E-state index is 0.00345. The molecule has 1 aromatic heterocycles. The lowest BCUT2D eigenvalue weighted by Gasteiger charge is -2.22. The van der Waals surface area contributed by atoms with Crippen LogP contribution >= 0.6 is 22.9 Å². The number of anilines is 1. The maximum absolute atomic E-state index is 12.8. The zero-order valence-corrected chi connectivity index (χ0v) is 15.3. The maximum atomic E-state index is 12.8. The Balaban J connectivity index is 1.94. The highest BCUT2D eigenvalue weighted by Crippen LogP contribution is 2.42. The highest BCUT2D eigenvalue weighted by molar-refractivity contribution is 7.13. The summed E-state index contributed by atoms with van der Waals surface area (Å²) in [7, 11) is 0. The molecule has 3 aromatic rings. The second-order valence-electron chi connectivity index (χ2n) is 5.81. The summed E-state index contributed by atoms with van der Waals surface area (Å²) in [5.74, 6) is -1.77. The number of hydrogen-bond acceptors (Lipinski definition) is 6. The highest BCUT2D eigenvalue weighted by Gasteiger charge is 2.48. The van der Waals surface area contributed by atoms with Crippen LogP contribution in [0.1, 0.15) is 17.2 Å². The number of carbonyl (C=O) groups is 2. The molecule has 134 valence electrons. The molecule has 1 amide bonds. The van der Waals surface area contributed by atoms with E-state index in [1.165, 1.54) is 10.4 Å². The number of aliphatic hydroxyl groups excluding tert-OH is 1. The zero-order chi connectivity index (χ0) is 19.0. The average Bonchev–Trinajstić information content (AvgIpc) is 3.30. The molecule has 1 saturated heterocycles. The second-order valence-corrected chi connectivity index (χ2v) is 7.06. The molecule has 27 heavy (non-hydrogen) atoms. The number of benzene rings is 2. The third kappa shape index (κ3) is 3.01. The fourth-order valence-electron chi connectivity index (χ4n) is 3.01. The SMILES string of the molecule is O=C1C(=O)N(c2nncs2)C(c2ccc(Cl)cc2)C1=C(O)c1ccccc1. The van der Waals surface area contributed by atoms with Gasteiger partial charge in [0.05, 0.1) is 11.6 Å². The first-order chi connectivity index (χ1) is 13.1. The summed E-state index contributed by atoms with van der Waals surface area (Å²) in [4.78, 5) is 26.8. The van der Waals surface area contributed by atoms with Gasteiger partial charge in [-0.25, -0.2) is 0 Å². The van der Waals surface area contributed by atoms with Crippen LogP contribution in [0.2, 0.25) is 5.02 Å². The number of ketones is 1. The largest absolute Gasteiger partial charge is 0.507 e. The van der Waals surface area contributed by atoms with Gasteiger partial charge in [-0.3, -0.25) is 14.5 Å². The molecule has 8 heteroatoms. The standard InChI is InChI=1S/C19H12ClN3O3S/c20-13-8-6-11(7-9-13)15-14(16(24)12-4-2-1-3-5-12)17(25)18(26)23(15)19-22-21-10-27-19/h1-10,15,24H. The number of carbonyl (C=O) groups excluding carboxylic acids is 2. The summed E-state index contributed by atoms with van der Waals surface area (Å²) in [6, 6.07) is 14.6. The molecule has 1 N–H and O–H groups in total. The summed E-state index contributed by atoms with van der Waals surface area (Å²) >= 11 is 7.11. The Morgan fingerprint density at radius 1 is 1.07 bits per heavy atom. The molecule has 6 nitrogen and oxygen atoms in total. The van der Waals surface area contributed by atoms with Gasteiger partial charge in [-0.05, 0) is 17.7 Å². The second kappa shape index (κ2) is 6.94. The van der Waals surface area contributed by atoms with E-state index in [-0.39, 0.29) is 16.5 Å². The summed E-state index contributed by atoms with van der Waals surface area (Å²) < 4.78 is 0. The summed E-state index contributed by atoms with van der Waals surface area (Å²) in [5, 5.41) is 19.3. The Morgan fingerprint density at radius 2 is 1.78 bits per heavy atom. The number of aliphatic hydroxyl groups is 1. The topological polar surface area (TPSA) is 83.4 Å². The third-order valence-corrected chi connectivity index (χ3v) is 5.17. The van der Waals surface area contributed by atoms with Crippen molar-refractivity contribution in [1.82, 2.24) is 10.2 Å². The summed E-state index contributed by atoms with van der Waals surface area (Å²) in [6.45, 7) is 0. The van der Waals surface area contributed by atoms with Crippen molar-refractivity contribution in [3.05, 3.63) is 81.8 Å². The van der Waals surface area contributed by atoms with Gasteiger partial charge in [-0.2, -0.15) is 0 Å². The van der Waals surface area contributed by atoms with Crippen LogP contribution in [0.5, 0.6) is 0 Å². The van der Waals surface area contributed by atoms with E-state index in [0.29, 0.717) is 16.1 Å². The van der Waals surface area contributed by atoms with Gasteiger partial charge in [0.1, 0.15) is 11.3 Å². The van der Waals surface area contributed by atoms with Crippen molar-refractivity contribution in [2.24, 2.45) is 0 Å². The van der Waals surface area contributed by atoms with Crippen LogP contribution in [0, 0.1) is 0 Å².